The molecule has 2 rings (SSSR count). The van der Waals surface area contributed by atoms with Gasteiger partial charge in [0.2, 0.25) is 24.9 Å². The lowest BCUT2D eigenvalue weighted by molar-refractivity contribution is -0.488. The molecule has 0 unspecified atom stereocenters. The fourth-order valence-electron chi connectivity index (χ4n) is 6.36. The van der Waals surface area contributed by atoms with Gasteiger partial charge in [-0.25, -0.2) is 0 Å². The van der Waals surface area contributed by atoms with Crippen molar-refractivity contribution in [1.29, 1.82) is 0 Å². The summed E-state index contributed by atoms with van der Waals surface area (Å²) in [6.45, 7) is 22.9. The van der Waals surface area contributed by atoms with Gasteiger partial charge in [0.1, 0.15) is 0 Å². The molecule has 10 heteroatoms. The van der Waals surface area contributed by atoms with Gasteiger partial charge in [0.25, 0.3) is 0 Å². The molecule has 2 aliphatic carbocycles. The third-order valence-corrected chi connectivity index (χ3v) is 8.19. The monoisotopic (exact) mass is 564 g/mol. The molecule has 0 saturated heterocycles. The Morgan fingerprint density at radius 2 is 1.07 bits per heavy atom. The van der Waals surface area contributed by atoms with Gasteiger partial charge in [0, 0.05) is 43.6 Å². The largest absolute Gasteiger partial charge is 0.351 e. The zero-order chi connectivity index (χ0) is 31.1. The number of carbonyl (C=O) groups is 2. The Morgan fingerprint density at radius 1 is 0.775 bits per heavy atom. The van der Waals surface area contributed by atoms with Crippen LogP contribution in [-0.4, -0.2) is 45.8 Å². The Labute approximate surface area is 240 Å². The lowest BCUT2D eigenvalue weighted by atomic mass is 9.76. The van der Waals surface area contributed by atoms with E-state index in [1.807, 2.05) is 67.5 Å². The third kappa shape index (κ3) is 10.3. The molecule has 0 aromatic carbocycles. The molecule has 40 heavy (non-hydrogen) atoms. The first-order chi connectivity index (χ1) is 18.2. The van der Waals surface area contributed by atoms with Gasteiger partial charge < -0.3 is 10.6 Å². The van der Waals surface area contributed by atoms with Crippen molar-refractivity contribution in [2.75, 3.05) is 13.1 Å². The second kappa shape index (κ2) is 13.7. The molecular weight excluding hydrogens is 512 g/mol. The molecule has 2 fully saturated rings. The molecule has 6 atom stereocenters. The smallest absolute Gasteiger partial charge is 0.226 e. The number of nitrogens with zero attached hydrogens (tertiary/aromatic N) is 2. The summed E-state index contributed by atoms with van der Waals surface area (Å²) in [4.78, 5) is 46.0. The van der Waals surface area contributed by atoms with Crippen LogP contribution in [0.1, 0.15) is 93.9 Å². The fraction of sp³-hybridized carbons (Fsp3) is 0.800. The van der Waals surface area contributed by atoms with E-state index in [-0.39, 0.29) is 69.5 Å². The third-order valence-electron chi connectivity index (χ3n) is 8.19. The van der Waals surface area contributed by atoms with Crippen LogP contribution in [0.2, 0.25) is 0 Å². The van der Waals surface area contributed by atoms with Crippen LogP contribution >= 0.6 is 0 Å². The minimum atomic E-state index is -0.540. The molecule has 0 heterocycles. The summed E-state index contributed by atoms with van der Waals surface area (Å²) in [6.07, 6.45) is 7.67. The van der Waals surface area contributed by atoms with Crippen LogP contribution in [0, 0.1) is 54.7 Å². The molecule has 2 saturated carbocycles. The minimum Gasteiger partial charge on any atom is -0.351 e. The maximum atomic E-state index is 12.6. The summed E-state index contributed by atoms with van der Waals surface area (Å²) in [6, 6.07) is 0. The summed E-state index contributed by atoms with van der Waals surface area (Å²) in [5.41, 5.74) is -1.66. The van der Waals surface area contributed by atoms with Crippen LogP contribution in [-0.2, 0) is 9.59 Å². The van der Waals surface area contributed by atoms with Gasteiger partial charge in [-0.2, -0.15) is 0 Å². The lowest BCUT2D eigenvalue weighted by Crippen LogP contribution is -2.49. The Kier molecular flexibility index (Phi) is 12.1. The maximum Gasteiger partial charge on any atom is 0.226 e. The van der Waals surface area contributed by atoms with Gasteiger partial charge in [0.15, 0.2) is 0 Å². The van der Waals surface area contributed by atoms with E-state index >= 15 is 0 Å². The van der Waals surface area contributed by atoms with E-state index in [4.69, 9.17) is 0 Å². The molecule has 228 valence electrons. The van der Waals surface area contributed by atoms with Crippen molar-refractivity contribution in [3.05, 3.63) is 45.5 Å². The zero-order valence-corrected chi connectivity index (χ0v) is 25.9. The quantitative estimate of drug-likeness (QED) is 0.201. The Bertz CT molecular complexity index is 877. The van der Waals surface area contributed by atoms with Crippen LogP contribution in [0.4, 0.5) is 0 Å². The highest BCUT2D eigenvalue weighted by Crippen LogP contribution is 2.49. The molecule has 0 bridgehead atoms. The Balaban J connectivity index is 0.000000400. The van der Waals surface area contributed by atoms with Gasteiger partial charge >= 0.3 is 0 Å². The molecule has 2 amide bonds. The van der Waals surface area contributed by atoms with E-state index in [0.717, 1.165) is 25.7 Å². The molecule has 0 aliphatic heterocycles. The summed E-state index contributed by atoms with van der Waals surface area (Å²) < 4.78 is 0. The first kappa shape index (κ1) is 35.2. The number of nitrogens with one attached hydrogen (secondary N) is 2. The van der Waals surface area contributed by atoms with Crippen molar-refractivity contribution in [2.45, 2.75) is 105 Å². The van der Waals surface area contributed by atoms with E-state index in [1.54, 1.807) is 0 Å². The van der Waals surface area contributed by atoms with Crippen molar-refractivity contribution in [3.8, 4) is 0 Å². The highest BCUT2D eigenvalue weighted by molar-refractivity contribution is 5.84. The molecular formula is C30H52N4O6. The molecule has 2 N–H and O–H groups in total. The number of nitro groups is 2. The Hall–Kier alpha value is -2.78. The SMILES string of the molecule is C=CC[C@H]1C[C@@H](C[N+](=O)[O-])C[C@@]1(C)C(=O)NC(C)(C)C.C=CC[C@H]1C[C@H](C[N+](=O)[O-])C[C@@]1(C)C(=O)NC(C)(C)C. The van der Waals surface area contributed by atoms with Gasteiger partial charge in [0.05, 0.1) is 0 Å². The second-order valence-electron chi connectivity index (χ2n) is 14.3. The van der Waals surface area contributed by atoms with Crippen LogP contribution in [0.15, 0.2) is 25.3 Å². The molecule has 10 nitrogen and oxygen atoms in total. The maximum absolute atomic E-state index is 12.6. The topological polar surface area (TPSA) is 144 Å². The molecule has 0 radical (unpaired) electrons. The first-order valence-corrected chi connectivity index (χ1v) is 14.3. The van der Waals surface area contributed by atoms with Crippen molar-refractivity contribution in [2.24, 2.45) is 34.5 Å². The number of hydrogen-bond acceptors (Lipinski definition) is 6. The van der Waals surface area contributed by atoms with Gasteiger partial charge in [-0.1, -0.05) is 26.0 Å². The van der Waals surface area contributed by atoms with Gasteiger partial charge in [-0.15, -0.1) is 13.2 Å². The zero-order valence-electron chi connectivity index (χ0n) is 25.9. The van der Waals surface area contributed by atoms with Gasteiger partial charge in [-0.05, 0) is 91.9 Å². The Morgan fingerprint density at radius 3 is 1.30 bits per heavy atom. The van der Waals surface area contributed by atoms with Crippen LogP contribution in [0.5, 0.6) is 0 Å². The van der Waals surface area contributed by atoms with Gasteiger partial charge in [-0.3, -0.25) is 29.8 Å². The predicted octanol–water partition coefficient (Wildman–Crippen LogP) is 5.57. The number of allylic oxidation sites excluding steroid dienone is 2. The normalized spacial score (nSPS) is 30.0. The van der Waals surface area contributed by atoms with Crippen LogP contribution in [0.25, 0.3) is 0 Å². The summed E-state index contributed by atoms with van der Waals surface area (Å²) in [5, 5.41) is 27.5. The molecule has 0 spiro atoms. The number of carbonyl (C=O) groups excluding carboxylic acids is 2. The van der Waals surface area contributed by atoms with Crippen LogP contribution in [0.3, 0.4) is 0 Å². The average molecular weight is 565 g/mol. The van der Waals surface area contributed by atoms with Crippen molar-refractivity contribution in [1.82, 2.24) is 10.6 Å². The predicted molar refractivity (Wildman–Crippen MR) is 158 cm³/mol. The second-order valence-corrected chi connectivity index (χ2v) is 14.3. The average Bonchev–Trinajstić information content (AvgIpc) is 3.23. The van der Waals surface area contributed by atoms with E-state index < -0.39 is 10.8 Å². The lowest BCUT2D eigenvalue weighted by Gasteiger charge is -2.33. The highest BCUT2D eigenvalue weighted by Gasteiger charge is 2.51. The van der Waals surface area contributed by atoms with Crippen molar-refractivity contribution < 1.29 is 19.4 Å². The highest BCUT2D eigenvalue weighted by atomic mass is 16.6. The van der Waals surface area contributed by atoms with E-state index in [2.05, 4.69) is 23.8 Å². The summed E-state index contributed by atoms with van der Waals surface area (Å²) in [7, 11) is 0. The number of rotatable bonds is 10. The number of amides is 2. The number of hydrogen-bond donors (Lipinski definition) is 2. The molecule has 2 aliphatic rings. The van der Waals surface area contributed by atoms with Crippen molar-refractivity contribution >= 4 is 11.8 Å². The molecule has 0 aromatic heterocycles. The summed E-state index contributed by atoms with van der Waals surface area (Å²) in [5.74, 6) is 0.223. The fourth-order valence-corrected chi connectivity index (χ4v) is 6.36. The first-order valence-electron chi connectivity index (χ1n) is 14.3. The van der Waals surface area contributed by atoms with E-state index in [9.17, 15) is 29.8 Å². The van der Waals surface area contributed by atoms with Crippen molar-refractivity contribution in [3.63, 3.8) is 0 Å². The standard InChI is InChI=1S/2C15H26N2O3/c2*1-6-7-12-8-11(10-17(19)20)9-15(12,5)13(18)16-14(2,3)4/h2*6,11-12H,1,7-10H2,2-5H3,(H,16,18)/t11-,12+,15-;11-,12-,15+/m10/s1. The molecule has 0 aromatic rings. The van der Waals surface area contributed by atoms with E-state index in [0.29, 0.717) is 12.8 Å². The van der Waals surface area contributed by atoms with E-state index in [1.165, 1.54) is 0 Å². The van der Waals surface area contributed by atoms with Crippen LogP contribution < -0.4 is 10.6 Å². The summed E-state index contributed by atoms with van der Waals surface area (Å²) >= 11 is 0. The minimum absolute atomic E-state index is 0.00250.